The number of carbonyl (C=O) groups excluding carboxylic acids is 1. The fraction of sp³-hybridized carbons (Fsp3) is 0.167. The molecule has 3 nitrogen and oxygen atoms in total. The van der Waals surface area contributed by atoms with E-state index in [1.807, 2.05) is 42.5 Å². The van der Waals surface area contributed by atoms with E-state index in [1.165, 1.54) is 5.56 Å². The molecule has 0 aliphatic carbocycles. The molecule has 1 amide bonds. The molecule has 21 heavy (non-hydrogen) atoms. The molecule has 0 radical (unpaired) electrons. The molecule has 0 aliphatic rings. The molecule has 106 valence electrons. The van der Waals surface area contributed by atoms with Gasteiger partial charge in [-0.2, -0.15) is 0 Å². The summed E-state index contributed by atoms with van der Waals surface area (Å²) in [6, 6.07) is 17.8. The van der Waals surface area contributed by atoms with Gasteiger partial charge in [0.05, 0.1) is 6.42 Å². The van der Waals surface area contributed by atoms with Crippen LogP contribution >= 0.6 is 0 Å². The molecular formula is C18H17NO2. The van der Waals surface area contributed by atoms with Gasteiger partial charge in [-0.15, -0.1) is 0 Å². The monoisotopic (exact) mass is 279 g/mol. The van der Waals surface area contributed by atoms with E-state index >= 15 is 0 Å². The van der Waals surface area contributed by atoms with Crippen molar-refractivity contribution in [1.29, 1.82) is 0 Å². The van der Waals surface area contributed by atoms with Crippen molar-refractivity contribution in [2.24, 2.45) is 0 Å². The van der Waals surface area contributed by atoms with Crippen molar-refractivity contribution in [1.82, 2.24) is 5.48 Å². The van der Waals surface area contributed by atoms with Gasteiger partial charge in [0.15, 0.2) is 0 Å². The van der Waals surface area contributed by atoms with Gasteiger partial charge in [0, 0.05) is 12.8 Å². The molecule has 0 saturated heterocycles. The Balaban J connectivity index is 1.85. The van der Waals surface area contributed by atoms with Crippen LogP contribution in [0.5, 0.6) is 0 Å². The van der Waals surface area contributed by atoms with Gasteiger partial charge in [0.25, 0.3) is 0 Å². The predicted molar refractivity (Wildman–Crippen MR) is 81.7 cm³/mol. The molecule has 0 atom stereocenters. The molecule has 2 N–H and O–H groups in total. The highest BCUT2D eigenvalue weighted by atomic mass is 16.5. The van der Waals surface area contributed by atoms with Crippen LogP contribution in [0.4, 0.5) is 0 Å². The number of nitrogens with one attached hydrogen (secondary N) is 1. The van der Waals surface area contributed by atoms with Crippen LogP contribution in [0.3, 0.4) is 0 Å². The van der Waals surface area contributed by atoms with Crippen LogP contribution in [0.25, 0.3) is 0 Å². The second kappa shape index (κ2) is 7.88. The Morgan fingerprint density at radius 2 is 1.38 bits per heavy atom. The molecule has 0 unspecified atom stereocenters. The molecule has 0 aromatic heterocycles. The third-order valence-corrected chi connectivity index (χ3v) is 3.07. The molecular weight excluding hydrogens is 262 g/mol. The van der Waals surface area contributed by atoms with E-state index in [4.69, 9.17) is 5.21 Å². The molecule has 0 aliphatic heterocycles. The van der Waals surface area contributed by atoms with Gasteiger partial charge < -0.3 is 0 Å². The Morgan fingerprint density at radius 1 is 0.857 bits per heavy atom. The van der Waals surface area contributed by atoms with E-state index in [9.17, 15) is 4.79 Å². The lowest BCUT2D eigenvalue weighted by Gasteiger charge is -2.01. The van der Waals surface area contributed by atoms with Crippen LogP contribution in [-0.2, 0) is 24.1 Å². The van der Waals surface area contributed by atoms with Gasteiger partial charge in [-0.05, 0) is 16.7 Å². The molecule has 0 bridgehead atoms. The topological polar surface area (TPSA) is 49.3 Å². The molecule has 0 fully saturated rings. The third kappa shape index (κ3) is 5.13. The summed E-state index contributed by atoms with van der Waals surface area (Å²) >= 11 is 0. The van der Waals surface area contributed by atoms with E-state index in [-0.39, 0.29) is 6.42 Å². The number of rotatable bonds is 4. The highest BCUT2D eigenvalue weighted by molar-refractivity contribution is 5.77. The number of hydrogen-bond donors (Lipinski definition) is 2. The van der Waals surface area contributed by atoms with Gasteiger partial charge in [-0.25, -0.2) is 5.48 Å². The first-order valence-corrected chi connectivity index (χ1v) is 6.78. The highest BCUT2D eigenvalue weighted by Crippen LogP contribution is 2.06. The summed E-state index contributed by atoms with van der Waals surface area (Å²) in [4.78, 5) is 11.0. The number of hydroxylamine groups is 1. The summed E-state index contributed by atoms with van der Waals surface area (Å²) in [5.74, 6) is 5.90. The maximum absolute atomic E-state index is 11.0. The zero-order chi connectivity index (χ0) is 14.9. The SMILES string of the molecule is O=C(Cc1ccc(CC#CCc2ccccc2)cc1)NO. The zero-order valence-corrected chi connectivity index (χ0v) is 11.7. The van der Waals surface area contributed by atoms with Crippen molar-refractivity contribution in [3.05, 3.63) is 71.3 Å². The van der Waals surface area contributed by atoms with Crippen LogP contribution in [0.15, 0.2) is 54.6 Å². The first-order chi connectivity index (χ1) is 10.3. The van der Waals surface area contributed by atoms with Crippen molar-refractivity contribution >= 4 is 5.91 Å². The normalized spacial score (nSPS) is 9.57. The summed E-state index contributed by atoms with van der Waals surface area (Å²) in [6.07, 6.45) is 1.63. The first-order valence-electron chi connectivity index (χ1n) is 6.78. The van der Waals surface area contributed by atoms with Crippen molar-refractivity contribution in [3.8, 4) is 11.8 Å². The average Bonchev–Trinajstić information content (AvgIpc) is 2.54. The second-order valence-corrected chi connectivity index (χ2v) is 4.72. The lowest BCUT2D eigenvalue weighted by molar-refractivity contribution is -0.128. The largest absolute Gasteiger partial charge is 0.289 e. The summed E-state index contributed by atoms with van der Waals surface area (Å²) in [5, 5.41) is 8.47. The summed E-state index contributed by atoms with van der Waals surface area (Å²) in [6.45, 7) is 0. The van der Waals surface area contributed by atoms with Gasteiger partial charge in [0.2, 0.25) is 5.91 Å². The molecule has 0 spiro atoms. The Hall–Kier alpha value is -2.57. The van der Waals surface area contributed by atoms with Gasteiger partial charge in [-0.3, -0.25) is 10.0 Å². The van der Waals surface area contributed by atoms with E-state index in [1.54, 1.807) is 5.48 Å². The lowest BCUT2D eigenvalue weighted by Crippen LogP contribution is -2.20. The maximum atomic E-state index is 11.0. The molecule has 0 saturated carbocycles. The minimum atomic E-state index is -0.412. The van der Waals surface area contributed by atoms with Crippen LogP contribution in [-0.4, -0.2) is 11.1 Å². The smallest absolute Gasteiger partial charge is 0.247 e. The van der Waals surface area contributed by atoms with Crippen LogP contribution in [0.2, 0.25) is 0 Å². The van der Waals surface area contributed by atoms with E-state index < -0.39 is 5.91 Å². The van der Waals surface area contributed by atoms with Gasteiger partial charge >= 0.3 is 0 Å². The molecule has 2 rings (SSSR count). The molecule has 0 heterocycles. The zero-order valence-electron chi connectivity index (χ0n) is 11.7. The lowest BCUT2D eigenvalue weighted by atomic mass is 10.1. The average molecular weight is 279 g/mol. The van der Waals surface area contributed by atoms with Crippen molar-refractivity contribution in [2.45, 2.75) is 19.3 Å². The minimum Gasteiger partial charge on any atom is -0.289 e. The maximum Gasteiger partial charge on any atom is 0.247 e. The van der Waals surface area contributed by atoms with E-state index in [2.05, 4.69) is 24.0 Å². The van der Waals surface area contributed by atoms with Crippen molar-refractivity contribution in [2.75, 3.05) is 0 Å². The quantitative estimate of drug-likeness (QED) is 0.513. The number of hydrogen-bond acceptors (Lipinski definition) is 2. The molecule has 2 aromatic carbocycles. The van der Waals surface area contributed by atoms with Crippen molar-refractivity contribution in [3.63, 3.8) is 0 Å². The fourth-order valence-electron chi connectivity index (χ4n) is 1.92. The number of carbonyl (C=O) groups is 1. The Labute approximate surface area is 124 Å². The van der Waals surface area contributed by atoms with Crippen LogP contribution in [0, 0.1) is 11.8 Å². The van der Waals surface area contributed by atoms with Crippen LogP contribution in [0.1, 0.15) is 16.7 Å². The minimum absolute atomic E-state index is 0.177. The highest BCUT2D eigenvalue weighted by Gasteiger charge is 2.01. The fourth-order valence-corrected chi connectivity index (χ4v) is 1.92. The summed E-state index contributed by atoms with van der Waals surface area (Å²) in [7, 11) is 0. The third-order valence-electron chi connectivity index (χ3n) is 3.07. The predicted octanol–water partition coefficient (Wildman–Crippen LogP) is 2.52. The Bertz CT molecular complexity index is 636. The van der Waals surface area contributed by atoms with E-state index in [0.717, 1.165) is 17.5 Å². The summed E-state index contributed by atoms with van der Waals surface area (Å²) in [5.41, 5.74) is 4.82. The van der Waals surface area contributed by atoms with Crippen molar-refractivity contribution < 1.29 is 10.0 Å². The molecule has 2 aromatic rings. The Morgan fingerprint density at radius 3 is 1.95 bits per heavy atom. The number of benzene rings is 2. The Kier molecular flexibility index (Phi) is 5.57. The van der Waals surface area contributed by atoms with Gasteiger partial charge in [0.1, 0.15) is 0 Å². The summed E-state index contributed by atoms with van der Waals surface area (Å²) < 4.78 is 0. The second-order valence-electron chi connectivity index (χ2n) is 4.72. The van der Waals surface area contributed by atoms with E-state index in [0.29, 0.717) is 6.42 Å². The standard InChI is InChI=1S/C18H17NO2/c20-18(19-21)14-17-12-10-16(11-13-17)9-5-4-8-15-6-2-1-3-7-15/h1-3,6-7,10-13,21H,8-9,14H2,(H,19,20). The molecule has 3 heteroatoms. The number of amides is 1. The van der Waals surface area contributed by atoms with Crippen LogP contribution < -0.4 is 5.48 Å². The van der Waals surface area contributed by atoms with Gasteiger partial charge in [-0.1, -0.05) is 66.4 Å². The first kappa shape index (κ1) is 14.8.